The molecule has 0 spiro atoms. The van der Waals surface area contributed by atoms with Crippen LogP contribution in [0.2, 0.25) is 0 Å². The molecule has 2 aliphatic carbocycles. The number of rotatable bonds is 12. The fourth-order valence-electron chi connectivity index (χ4n) is 3.17. The highest BCUT2D eigenvalue weighted by Gasteiger charge is 2.37. The van der Waals surface area contributed by atoms with Gasteiger partial charge in [0.2, 0.25) is 0 Å². The number of aliphatic carboxylic acids is 1. The van der Waals surface area contributed by atoms with Gasteiger partial charge in [0, 0.05) is 12.6 Å². The first-order chi connectivity index (χ1) is 10.1. The predicted octanol–water partition coefficient (Wildman–Crippen LogP) is 2.87. The summed E-state index contributed by atoms with van der Waals surface area (Å²) in [4.78, 5) is 14.3. The summed E-state index contributed by atoms with van der Waals surface area (Å²) in [6.07, 6.45) is 8.86. The Hall–Kier alpha value is -0.610. The topological polar surface area (TPSA) is 52.6 Å². The third-order valence-corrected chi connectivity index (χ3v) is 5.03. The molecule has 0 saturated heterocycles. The smallest absolute Gasteiger partial charge is 0.323 e. The molecule has 0 heterocycles. The Morgan fingerprint density at radius 1 is 1.29 bits per heavy atom. The lowest BCUT2D eigenvalue weighted by Gasteiger charge is -2.31. The van der Waals surface area contributed by atoms with E-state index in [2.05, 4.69) is 17.1 Å². The molecule has 0 amide bonds. The Kier molecular flexibility index (Phi) is 6.06. The van der Waals surface area contributed by atoms with E-state index in [1.54, 1.807) is 0 Å². The van der Waals surface area contributed by atoms with Gasteiger partial charge in [-0.3, -0.25) is 4.79 Å². The fourth-order valence-corrected chi connectivity index (χ4v) is 3.17. The second kappa shape index (κ2) is 7.59. The average molecular weight is 296 g/mol. The molecule has 0 aromatic carbocycles. The van der Waals surface area contributed by atoms with Crippen LogP contribution in [0.5, 0.6) is 0 Å². The van der Waals surface area contributed by atoms with E-state index in [0.29, 0.717) is 6.42 Å². The first kappa shape index (κ1) is 16.8. The Morgan fingerprint density at radius 2 is 2.00 bits per heavy atom. The first-order valence-corrected chi connectivity index (χ1v) is 8.83. The maximum absolute atomic E-state index is 11.7. The molecule has 2 saturated carbocycles. The van der Waals surface area contributed by atoms with Gasteiger partial charge in [-0.05, 0) is 70.4 Å². The molecule has 2 fully saturated rings. The largest absolute Gasteiger partial charge is 0.480 e. The summed E-state index contributed by atoms with van der Waals surface area (Å²) in [5.74, 6) is 0.248. The molecule has 0 radical (unpaired) electrons. The third kappa shape index (κ3) is 4.96. The molecular formula is C17H32N2O2. The lowest BCUT2D eigenvalue weighted by molar-refractivity contribution is -0.145. The van der Waals surface area contributed by atoms with Gasteiger partial charge in [0.25, 0.3) is 0 Å². The van der Waals surface area contributed by atoms with E-state index >= 15 is 0 Å². The number of nitrogens with one attached hydrogen (secondary N) is 1. The summed E-state index contributed by atoms with van der Waals surface area (Å²) in [7, 11) is 0. The molecule has 2 N–H and O–H groups in total. The summed E-state index contributed by atoms with van der Waals surface area (Å²) in [6, 6.07) is 0.801. The van der Waals surface area contributed by atoms with E-state index in [1.807, 2.05) is 6.92 Å². The molecule has 122 valence electrons. The summed E-state index contributed by atoms with van der Waals surface area (Å²) in [5.41, 5.74) is -0.717. The van der Waals surface area contributed by atoms with Crippen molar-refractivity contribution in [1.29, 1.82) is 0 Å². The van der Waals surface area contributed by atoms with Crippen molar-refractivity contribution >= 4 is 5.97 Å². The van der Waals surface area contributed by atoms with Crippen molar-refractivity contribution in [3.05, 3.63) is 0 Å². The highest BCUT2D eigenvalue weighted by Crippen LogP contribution is 2.35. The molecular weight excluding hydrogens is 264 g/mol. The number of nitrogens with zero attached hydrogens (tertiary/aromatic N) is 1. The molecule has 0 aromatic rings. The minimum Gasteiger partial charge on any atom is -0.480 e. The van der Waals surface area contributed by atoms with Gasteiger partial charge in [-0.1, -0.05) is 13.8 Å². The molecule has 0 bridgehead atoms. The van der Waals surface area contributed by atoms with Crippen LogP contribution in [0.4, 0.5) is 0 Å². The molecule has 0 aliphatic heterocycles. The van der Waals surface area contributed by atoms with Crippen LogP contribution in [0.1, 0.15) is 65.2 Å². The number of carboxylic acid groups (broad SMARTS) is 1. The van der Waals surface area contributed by atoms with Crippen LogP contribution in [0.15, 0.2) is 0 Å². The fraction of sp³-hybridized carbons (Fsp3) is 0.941. The Balaban J connectivity index is 1.80. The van der Waals surface area contributed by atoms with Crippen LogP contribution in [0, 0.1) is 5.92 Å². The van der Waals surface area contributed by atoms with Gasteiger partial charge in [0.1, 0.15) is 5.54 Å². The molecule has 4 nitrogen and oxygen atoms in total. The maximum atomic E-state index is 11.7. The standard InChI is InChI=1S/C17H32N2O2/c1-3-11-18-17(4-2,16(20)21)10-5-12-19(15-8-9-15)13-14-6-7-14/h14-15,18H,3-13H2,1-2H3,(H,20,21). The van der Waals surface area contributed by atoms with E-state index in [0.717, 1.165) is 44.3 Å². The van der Waals surface area contributed by atoms with Crippen LogP contribution >= 0.6 is 0 Å². The number of carboxylic acids is 1. The van der Waals surface area contributed by atoms with Crippen molar-refractivity contribution in [3.8, 4) is 0 Å². The van der Waals surface area contributed by atoms with Gasteiger partial charge in [-0.25, -0.2) is 0 Å². The van der Waals surface area contributed by atoms with Crippen molar-refractivity contribution in [3.63, 3.8) is 0 Å². The monoisotopic (exact) mass is 296 g/mol. The van der Waals surface area contributed by atoms with Gasteiger partial charge in [-0.15, -0.1) is 0 Å². The van der Waals surface area contributed by atoms with E-state index in [9.17, 15) is 9.90 Å². The summed E-state index contributed by atoms with van der Waals surface area (Å²) >= 11 is 0. The van der Waals surface area contributed by atoms with Gasteiger partial charge in [0.15, 0.2) is 0 Å². The maximum Gasteiger partial charge on any atom is 0.323 e. The van der Waals surface area contributed by atoms with E-state index in [1.165, 1.54) is 32.2 Å². The highest BCUT2D eigenvalue weighted by atomic mass is 16.4. The molecule has 21 heavy (non-hydrogen) atoms. The third-order valence-electron chi connectivity index (χ3n) is 5.03. The Morgan fingerprint density at radius 3 is 2.48 bits per heavy atom. The zero-order valence-corrected chi connectivity index (χ0v) is 13.7. The molecule has 1 atom stereocenters. The first-order valence-electron chi connectivity index (χ1n) is 8.83. The van der Waals surface area contributed by atoms with Gasteiger partial charge >= 0.3 is 5.97 Å². The zero-order valence-electron chi connectivity index (χ0n) is 13.7. The summed E-state index contributed by atoms with van der Waals surface area (Å²) < 4.78 is 0. The lowest BCUT2D eigenvalue weighted by atomic mass is 9.90. The minimum atomic E-state index is -0.717. The van der Waals surface area contributed by atoms with E-state index in [4.69, 9.17) is 0 Å². The summed E-state index contributed by atoms with van der Waals surface area (Å²) in [6.45, 7) is 7.18. The van der Waals surface area contributed by atoms with Crippen molar-refractivity contribution in [2.45, 2.75) is 76.8 Å². The second-order valence-corrected chi connectivity index (χ2v) is 6.94. The van der Waals surface area contributed by atoms with Crippen LogP contribution in [0.3, 0.4) is 0 Å². The van der Waals surface area contributed by atoms with Crippen molar-refractivity contribution in [1.82, 2.24) is 10.2 Å². The average Bonchev–Trinajstić information content (AvgIpc) is 3.34. The molecule has 4 heteroatoms. The molecule has 2 rings (SSSR count). The second-order valence-electron chi connectivity index (χ2n) is 6.94. The minimum absolute atomic E-state index is 0.661. The predicted molar refractivity (Wildman–Crippen MR) is 85.5 cm³/mol. The number of hydrogen-bond acceptors (Lipinski definition) is 3. The van der Waals surface area contributed by atoms with Crippen LogP contribution in [-0.4, -0.2) is 47.2 Å². The Bertz CT molecular complexity index is 340. The number of hydrogen-bond donors (Lipinski definition) is 2. The van der Waals surface area contributed by atoms with Crippen molar-refractivity contribution in [2.24, 2.45) is 5.92 Å². The number of carbonyl (C=O) groups is 1. The van der Waals surface area contributed by atoms with Crippen molar-refractivity contribution in [2.75, 3.05) is 19.6 Å². The van der Waals surface area contributed by atoms with E-state index in [-0.39, 0.29) is 0 Å². The van der Waals surface area contributed by atoms with Gasteiger partial charge < -0.3 is 15.3 Å². The van der Waals surface area contributed by atoms with Crippen molar-refractivity contribution < 1.29 is 9.90 Å². The Labute approximate surface area is 129 Å². The highest BCUT2D eigenvalue weighted by molar-refractivity contribution is 5.78. The normalized spacial score (nSPS) is 21.5. The van der Waals surface area contributed by atoms with Crippen LogP contribution < -0.4 is 5.32 Å². The summed E-state index contributed by atoms with van der Waals surface area (Å²) in [5, 5.41) is 12.9. The lowest BCUT2D eigenvalue weighted by Crippen LogP contribution is -2.52. The van der Waals surface area contributed by atoms with Crippen LogP contribution in [0.25, 0.3) is 0 Å². The zero-order chi connectivity index (χ0) is 15.3. The van der Waals surface area contributed by atoms with Crippen LogP contribution in [-0.2, 0) is 4.79 Å². The molecule has 0 aromatic heterocycles. The SMILES string of the molecule is CCCNC(CC)(CCCN(CC1CC1)C1CC1)C(=O)O. The van der Waals surface area contributed by atoms with Gasteiger partial charge in [0.05, 0.1) is 0 Å². The van der Waals surface area contributed by atoms with Gasteiger partial charge in [-0.2, -0.15) is 0 Å². The molecule has 1 unspecified atom stereocenters. The quantitative estimate of drug-likeness (QED) is 0.581. The van der Waals surface area contributed by atoms with E-state index < -0.39 is 11.5 Å². The molecule has 2 aliphatic rings.